The molecule has 3 aromatic rings. The highest BCUT2D eigenvalue weighted by Crippen LogP contribution is 2.31. The lowest BCUT2D eigenvalue weighted by Crippen LogP contribution is -2.03. The zero-order valence-corrected chi connectivity index (χ0v) is 11.8. The molecule has 1 heteroatoms. The topological polar surface area (TPSA) is 20.2 Å². The second-order valence-electron chi connectivity index (χ2n) is 5.28. The Morgan fingerprint density at radius 1 is 0.650 bits per heavy atom. The van der Waals surface area contributed by atoms with Crippen LogP contribution in [0.2, 0.25) is 0 Å². The molecule has 1 N–H and O–H groups in total. The van der Waals surface area contributed by atoms with Crippen molar-refractivity contribution >= 4 is 10.8 Å². The van der Waals surface area contributed by atoms with Crippen LogP contribution in [0.15, 0.2) is 60.7 Å². The predicted octanol–water partition coefficient (Wildman–Crippen LogP) is 4.54. The van der Waals surface area contributed by atoms with Crippen LogP contribution in [0.4, 0.5) is 0 Å². The summed E-state index contributed by atoms with van der Waals surface area (Å²) in [5.41, 5.74) is 4.30. The summed E-state index contributed by atoms with van der Waals surface area (Å²) in [5.74, 6) is 0. The number of fused-ring (bicyclic) bond motifs is 1. The molecule has 20 heavy (non-hydrogen) atoms. The highest BCUT2D eigenvalue weighted by Gasteiger charge is 2.15. The van der Waals surface area contributed by atoms with Crippen molar-refractivity contribution in [3.8, 4) is 0 Å². The van der Waals surface area contributed by atoms with Crippen LogP contribution in [0.5, 0.6) is 0 Å². The normalized spacial score (nSPS) is 12.6. The molecule has 100 valence electrons. The maximum atomic E-state index is 10.8. The first-order valence-corrected chi connectivity index (χ1v) is 6.90. The van der Waals surface area contributed by atoms with Crippen molar-refractivity contribution in [3.63, 3.8) is 0 Å². The number of benzene rings is 3. The zero-order chi connectivity index (χ0) is 14.1. The SMILES string of the molecule is Cc1ccccc1C(O)c1ccc(C)c2ccccc12. The van der Waals surface area contributed by atoms with Gasteiger partial charge in [0.05, 0.1) is 0 Å². The van der Waals surface area contributed by atoms with Crippen LogP contribution in [0.1, 0.15) is 28.4 Å². The average Bonchev–Trinajstić information content (AvgIpc) is 2.48. The summed E-state index contributed by atoms with van der Waals surface area (Å²) in [7, 11) is 0. The van der Waals surface area contributed by atoms with Gasteiger partial charge in [0, 0.05) is 0 Å². The van der Waals surface area contributed by atoms with Gasteiger partial charge in [-0.2, -0.15) is 0 Å². The van der Waals surface area contributed by atoms with E-state index < -0.39 is 6.10 Å². The van der Waals surface area contributed by atoms with Gasteiger partial charge in [-0.1, -0.05) is 60.7 Å². The summed E-state index contributed by atoms with van der Waals surface area (Å²) < 4.78 is 0. The number of hydrogen-bond acceptors (Lipinski definition) is 1. The van der Waals surface area contributed by atoms with E-state index in [9.17, 15) is 5.11 Å². The fourth-order valence-electron chi connectivity index (χ4n) is 2.77. The number of hydrogen-bond donors (Lipinski definition) is 1. The van der Waals surface area contributed by atoms with Gasteiger partial charge >= 0.3 is 0 Å². The van der Waals surface area contributed by atoms with Crippen LogP contribution in [-0.2, 0) is 0 Å². The standard InChI is InChI=1S/C19H18O/c1-13-7-3-4-9-16(13)19(20)18-12-11-14(2)15-8-5-6-10-17(15)18/h3-12,19-20H,1-2H3. The molecule has 0 saturated heterocycles. The molecule has 3 rings (SSSR count). The minimum absolute atomic E-state index is 0.582. The highest BCUT2D eigenvalue weighted by atomic mass is 16.3. The van der Waals surface area contributed by atoms with E-state index in [1.165, 1.54) is 10.9 Å². The van der Waals surface area contributed by atoms with Crippen molar-refractivity contribution in [2.24, 2.45) is 0 Å². The Kier molecular flexibility index (Phi) is 3.29. The third-order valence-corrected chi connectivity index (χ3v) is 3.95. The molecule has 0 aliphatic heterocycles. The van der Waals surface area contributed by atoms with E-state index in [0.717, 1.165) is 22.1 Å². The second-order valence-corrected chi connectivity index (χ2v) is 5.28. The lowest BCUT2D eigenvalue weighted by molar-refractivity contribution is 0.221. The van der Waals surface area contributed by atoms with Crippen molar-refractivity contribution in [3.05, 3.63) is 82.9 Å². The minimum atomic E-state index is -0.582. The molecular formula is C19H18O. The minimum Gasteiger partial charge on any atom is -0.384 e. The van der Waals surface area contributed by atoms with Crippen molar-refractivity contribution in [2.45, 2.75) is 20.0 Å². The van der Waals surface area contributed by atoms with Gasteiger partial charge in [0.25, 0.3) is 0 Å². The summed E-state index contributed by atoms with van der Waals surface area (Å²) in [6.45, 7) is 4.14. The molecule has 0 heterocycles. The summed E-state index contributed by atoms with van der Waals surface area (Å²) >= 11 is 0. The molecule has 0 aliphatic carbocycles. The van der Waals surface area contributed by atoms with E-state index in [-0.39, 0.29) is 0 Å². The molecule has 1 nitrogen and oxygen atoms in total. The smallest absolute Gasteiger partial charge is 0.105 e. The van der Waals surface area contributed by atoms with E-state index in [0.29, 0.717) is 0 Å². The summed E-state index contributed by atoms with van der Waals surface area (Å²) in [6, 6.07) is 20.4. The van der Waals surface area contributed by atoms with Gasteiger partial charge in [-0.3, -0.25) is 0 Å². The quantitative estimate of drug-likeness (QED) is 0.719. The van der Waals surface area contributed by atoms with E-state index in [4.69, 9.17) is 0 Å². The number of aryl methyl sites for hydroxylation is 2. The highest BCUT2D eigenvalue weighted by molar-refractivity contribution is 5.89. The fourth-order valence-corrected chi connectivity index (χ4v) is 2.77. The second kappa shape index (κ2) is 5.10. The van der Waals surface area contributed by atoms with Crippen LogP contribution in [-0.4, -0.2) is 5.11 Å². The van der Waals surface area contributed by atoms with Crippen LogP contribution < -0.4 is 0 Å². The molecule has 0 bridgehead atoms. The first-order chi connectivity index (χ1) is 9.68. The Morgan fingerprint density at radius 3 is 2.05 bits per heavy atom. The molecule has 0 radical (unpaired) electrons. The molecule has 1 unspecified atom stereocenters. The predicted molar refractivity (Wildman–Crippen MR) is 83.9 cm³/mol. The third kappa shape index (κ3) is 2.10. The van der Waals surface area contributed by atoms with E-state index in [1.54, 1.807) is 0 Å². The molecule has 0 spiro atoms. The van der Waals surface area contributed by atoms with Gasteiger partial charge in [0.2, 0.25) is 0 Å². The molecule has 0 amide bonds. The monoisotopic (exact) mass is 262 g/mol. The largest absolute Gasteiger partial charge is 0.384 e. The van der Waals surface area contributed by atoms with Crippen LogP contribution in [0, 0.1) is 13.8 Å². The van der Waals surface area contributed by atoms with Gasteiger partial charge in [0.1, 0.15) is 6.10 Å². The van der Waals surface area contributed by atoms with Gasteiger partial charge in [-0.25, -0.2) is 0 Å². The first-order valence-electron chi connectivity index (χ1n) is 6.90. The molecule has 1 atom stereocenters. The summed E-state index contributed by atoms with van der Waals surface area (Å²) in [5, 5.41) is 13.1. The molecule has 0 fully saturated rings. The number of aliphatic hydroxyl groups excluding tert-OH is 1. The van der Waals surface area contributed by atoms with Gasteiger partial charge in [-0.05, 0) is 46.9 Å². The molecule has 0 aromatic heterocycles. The van der Waals surface area contributed by atoms with Crippen molar-refractivity contribution in [2.75, 3.05) is 0 Å². The van der Waals surface area contributed by atoms with Crippen LogP contribution in [0.3, 0.4) is 0 Å². The Hall–Kier alpha value is -2.12. The maximum Gasteiger partial charge on any atom is 0.105 e. The molecule has 3 aromatic carbocycles. The summed E-state index contributed by atoms with van der Waals surface area (Å²) in [6.07, 6.45) is -0.582. The Labute approximate surface area is 119 Å². The van der Waals surface area contributed by atoms with E-state index >= 15 is 0 Å². The number of aliphatic hydroxyl groups is 1. The Balaban J connectivity index is 2.20. The Morgan fingerprint density at radius 2 is 1.30 bits per heavy atom. The fraction of sp³-hybridized carbons (Fsp3) is 0.158. The van der Waals surface area contributed by atoms with Crippen molar-refractivity contribution in [1.29, 1.82) is 0 Å². The lowest BCUT2D eigenvalue weighted by atomic mass is 9.92. The third-order valence-electron chi connectivity index (χ3n) is 3.95. The molecular weight excluding hydrogens is 244 g/mol. The van der Waals surface area contributed by atoms with Gasteiger partial charge in [-0.15, -0.1) is 0 Å². The molecule has 0 saturated carbocycles. The van der Waals surface area contributed by atoms with Crippen molar-refractivity contribution < 1.29 is 5.11 Å². The average molecular weight is 262 g/mol. The summed E-state index contributed by atoms with van der Waals surface area (Å²) in [4.78, 5) is 0. The van der Waals surface area contributed by atoms with Gasteiger partial charge < -0.3 is 5.11 Å². The van der Waals surface area contributed by atoms with Crippen LogP contribution >= 0.6 is 0 Å². The van der Waals surface area contributed by atoms with E-state index in [2.05, 4.69) is 25.1 Å². The van der Waals surface area contributed by atoms with Crippen molar-refractivity contribution in [1.82, 2.24) is 0 Å². The number of rotatable bonds is 2. The van der Waals surface area contributed by atoms with Crippen LogP contribution in [0.25, 0.3) is 10.8 Å². The van der Waals surface area contributed by atoms with E-state index in [1.807, 2.05) is 49.4 Å². The maximum absolute atomic E-state index is 10.8. The molecule has 0 aliphatic rings. The lowest BCUT2D eigenvalue weighted by Gasteiger charge is -2.17. The zero-order valence-electron chi connectivity index (χ0n) is 11.8. The van der Waals surface area contributed by atoms with Gasteiger partial charge in [0.15, 0.2) is 0 Å². The Bertz CT molecular complexity index is 759. The first kappa shape index (κ1) is 12.9.